The Bertz CT molecular complexity index is 190. The van der Waals surface area contributed by atoms with Gasteiger partial charge in [0.05, 0.1) is 6.54 Å². The lowest BCUT2D eigenvalue weighted by atomic mass is 9.85. The SMILES string of the molecule is CNCC(=O)NC1CCCCC1CO.Cl. The van der Waals surface area contributed by atoms with Crippen molar-refractivity contribution in [2.24, 2.45) is 5.92 Å². The highest BCUT2D eigenvalue weighted by Crippen LogP contribution is 2.23. The van der Waals surface area contributed by atoms with Crippen LogP contribution in [-0.4, -0.2) is 37.3 Å². The third kappa shape index (κ3) is 4.82. The molecule has 1 saturated carbocycles. The average Bonchev–Trinajstić information content (AvgIpc) is 2.19. The maximum Gasteiger partial charge on any atom is 0.234 e. The fraction of sp³-hybridized carbons (Fsp3) is 0.900. The standard InChI is InChI=1S/C10H20N2O2.ClH/c1-11-6-10(14)12-9-5-3-2-4-8(9)7-13;/h8-9,11,13H,2-7H2,1H3,(H,12,14);1H. The van der Waals surface area contributed by atoms with Crippen LogP contribution in [0.3, 0.4) is 0 Å². The van der Waals surface area contributed by atoms with Gasteiger partial charge in [0.1, 0.15) is 0 Å². The monoisotopic (exact) mass is 236 g/mol. The zero-order valence-electron chi connectivity index (χ0n) is 9.16. The minimum Gasteiger partial charge on any atom is -0.396 e. The number of likely N-dealkylation sites (N-methyl/N-ethyl adjacent to an activating group) is 1. The number of amides is 1. The van der Waals surface area contributed by atoms with E-state index in [-0.39, 0.29) is 36.9 Å². The van der Waals surface area contributed by atoms with Crippen molar-refractivity contribution in [2.45, 2.75) is 31.7 Å². The Morgan fingerprint density at radius 2 is 2.07 bits per heavy atom. The molecule has 0 spiro atoms. The summed E-state index contributed by atoms with van der Waals surface area (Å²) in [6, 6.07) is 0.176. The van der Waals surface area contributed by atoms with Gasteiger partial charge in [-0.15, -0.1) is 12.4 Å². The first-order valence-electron chi connectivity index (χ1n) is 5.32. The van der Waals surface area contributed by atoms with Crippen molar-refractivity contribution in [1.82, 2.24) is 10.6 Å². The predicted molar refractivity (Wildman–Crippen MR) is 62.1 cm³/mol. The molecular formula is C10H21ClN2O2. The quantitative estimate of drug-likeness (QED) is 0.658. The van der Waals surface area contributed by atoms with Crippen LogP contribution in [0.4, 0.5) is 0 Å². The Morgan fingerprint density at radius 1 is 1.40 bits per heavy atom. The fourth-order valence-corrected chi connectivity index (χ4v) is 2.03. The molecule has 4 nitrogen and oxygen atoms in total. The van der Waals surface area contributed by atoms with Gasteiger partial charge in [-0.3, -0.25) is 4.79 Å². The van der Waals surface area contributed by atoms with Crippen LogP contribution < -0.4 is 10.6 Å². The van der Waals surface area contributed by atoms with Crippen LogP contribution in [0.15, 0.2) is 0 Å². The predicted octanol–water partition coefficient (Wildman–Crippen LogP) is 0.295. The Balaban J connectivity index is 0.00000196. The molecule has 1 aliphatic rings. The van der Waals surface area contributed by atoms with E-state index < -0.39 is 0 Å². The highest BCUT2D eigenvalue weighted by molar-refractivity contribution is 5.85. The second-order valence-corrected chi connectivity index (χ2v) is 3.93. The van der Waals surface area contributed by atoms with E-state index in [1.807, 2.05) is 0 Å². The molecule has 0 saturated heterocycles. The maximum atomic E-state index is 11.3. The van der Waals surface area contributed by atoms with E-state index in [4.69, 9.17) is 5.11 Å². The largest absolute Gasteiger partial charge is 0.396 e. The molecule has 0 aliphatic heterocycles. The van der Waals surface area contributed by atoms with E-state index in [9.17, 15) is 4.79 Å². The smallest absolute Gasteiger partial charge is 0.234 e. The van der Waals surface area contributed by atoms with Gasteiger partial charge < -0.3 is 15.7 Å². The lowest BCUT2D eigenvalue weighted by Crippen LogP contribution is -2.46. The van der Waals surface area contributed by atoms with Crippen LogP contribution in [0.1, 0.15) is 25.7 Å². The molecule has 0 aromatic carbocycles. The van der Waals surface area contributed by atoms with Gasteiger partial charge in [0.15, 0.2) is 0 Å². The summed E-state index contributed by atoms with van der Waals surface area (Å²) in [7, 11) is 1.75. The first-order valence-corrected chi connectivity index (χ1v) is 5.32. The van der Waals surface area contributed by atoms with Crippen molar-refractivity contribution in [1.29, 1.82) is 0 Å². The summed E-state index contributed by atoms with van der Waals surface area (Å²) >= 11 is 0. The van der Waals surface area contributed by atoms with Crippen LogP contribution >= 0.6 is 12.4 Å². The highest BCUT2D eigenvalue weighted by Gasteiger charge is 2.25. The van der Waals surface area contributed by atoms with Crippen LogP contribution in [0.25, 0.3) is 0 Å². The van der Waals surface area contributed by atoms with E-state index in [0.29, 0.717) is 6.54 Å². The number of aliphatic hydroxyl groups is 1. The number of aliphatic hydroxyl groups excluding tert-OH is 1. The first kappa shape index (κ1) is 14.7. The normalized spacial score (nSPS) is 25.5. The van der Waals surface area contributed by atoms with Crippen molar-refractivity contribution in [2.75, 3.05) is 20.2 Å². The van der Waals surface area contributed by atoms with Gasteiger partial charge in [-0.2, -0.15) is 0 Å². The highest BCUT2D eigenvalue weighted by atomic mass is 35.5. The van der Waals surface area contributed by atoms with Crippen molar-refractivity contribution in [3.8, 4) is 0 Å². The van der Waals surface area contributed by atoms with E-state index in [2.05, 4.69) is 10.6 Å². The Morgan fingerprint density at radius 3 is 2.67 bits per heavy atom. The number of hydrogen-bond acceptors (Lipinski definition) is 3. The van der Waals surface area contributed by atoms with Crippen molar-refractivity contribution in [3.05, 3.63) is 0 Å². The number of carbonyl (C=O) groups excluding carboxylic acids is 1. The molecule has 0 aromatic rings. The molecule has 15 heavy (non-hydrogen) atoms. The number of hydrogen-bond donors (Lipinski definition) is 3. The molecule has 0 aromatic heterocycles. The molecule has 1 amide bonds. The summed E-state index contributed by atoms with van der Waals surface area (Å²) in [5.74, 6) is 0.280. The van der Waals surface area contributed by atoms with Gasteiger partial charge in [0.25, 0.3) is 0 Å². The topological polar surface area (TPSA) is 61.4 Å². The van der Waals surface area contributed by atoms with E-state index in [1.165, 1.54) is 6.42 Å². The lowest BCUT2D eigenvalue weighted by Gasteiger charge is -2.30. The second-order valence-electron chi connectivity index (χ2n) is 3.93. The lowest BCUT2D eigenvalue weighted by molar-refractivity contribution is -0.121. The molecule has 2 atom stereocenters. The summed E-state index contributed by atoms with van der Waals surface area (Å²) in [5, 5.41) is 14.9. The molecule has 90 valence electrons. The van der Waals surface area contributed by atoms with E-state index in [0.717, 1.165) is 19.3 Å². The minimum atomic E-state index is 0. The van der Waals surface area contributed by atoms with Gasteiger partial charge in [-0.1, -0.05) is 12.8 Å². The zero-order valence-corrected chi connectivity index (χ0v) is 9.98. The molecule has 3 N–H and O–H groups in total. The van der Waals surface area contributed by atoms with Gasteiger partial charge in [0, 0.05) is 18.6 Å². The fourth-order valence-electron chi connectivity index (χ4n) is 2.03. The van der Waals surface area contributed by atoms with Crippen LogP contribution in [0.2, 0.25) is 0 Å². The summed E-state index contributed by atoms with van der Waals surface area (Å²) in [6.07, 6.45) is 4.35. The van der Waals surface area contributed by atoms with Gasteiger partial charge in [0.2, 0.25) is 5.91 Å². The molecule has 2 unspecified atom stereocenters. The minimum absolute atomic E-state index is 0. The van der Waals surface area contributed by atoms with Crippen LogP contribution in [0.5, 0.6) is 0 Å². The van der Waals surface area contributed by atoms with E-state index >= 15 is 0 Å². The second kappa shape index (κ2) is 7.91. The molecule has 1 aliphatic carbocycles. The molecular weight excluding hydrogens is 216 g/mol. The zero-order chi connectivity index (χ0) is 10.4. The number of rotatable bonds is 4. The third-order valence-electron chi connectivity index (χ3n) is 2.83. The maximum absolute atomic E-state index is 11.3. The summed E-state index contributed by atoms with van der Waals surface area (Å²) < 4.78 is 0. The van der Waals surface area contributed by atoms with Crippen LogP contribution in [-0.2, 0) is 4.79 Å². The molecule has 5 heteroatoms. The molecule has 1 rings (SSSR count). The van der Waals surface area contributed by atoms with Gasteiger partial charge >= 0.3 is 0 Å². The summed E-state index contributed by atoms with van der Waals surface area (Å²) in [4.78, 5) is 11.3. The van der Waals surface area contributed by atoms with Crippen molar-refractivity contribution >= 4 is 18.3 Å². The van der Waals surface area contributed by atoms with E-state index in [1.54, 1.807) is 7.05 Å². The van der Waals surface area contributed by atoms with Crippen LogP contribution in [0, 0.1) is 5.92 Å². The van der Waals surface area contributed by atoms with Crippen molar-refractivity contribution in [3.63, 3.8) is 0 Å². The Hall–Kier alpha value is -0.320. The average molecular weight is 237 g/mol. The molecule has 1 fully saturated rings. The van der Waals surface area contributed by atoms with Crippen molar-refractivity contribution < 1.29 is 9.90 Å². The van der Waals surface area contributed by atoms with Gasteiger partial charge in [-0.05, 0) is 19.9 Å². The van der Waals surface area contributed by atoms with Gasteiger partial charge in [-0.25, -0.2) is 0 Å². The summed E-state index contributed by atoms with van der Waals surface area (Å²) in [5.41, 5.74) is 0. The third-order valence-corrected chi connectivity index (χ3v) is 2.83. The Labute approximate surface area is 97.2 Å². The summed E-state index contributed by atoms with van der Waals surface area (Å²) in [6.45, 7) is 0.541. The Kier molecular flexibility index (Phi) is 7.74. The molecule has 0 heterocycles. The molecule has 0 radical (unpaired) electrons. The number of halogens is 1. The molecule has 0 bridgehead atoms. The number of carbonyl (C=O) groups is 1. The first-order chi connectivity index (χ1) is 6.77. The number of nitrogens with one attached hydrogen (secondary N) is 2.